The molecule has 1 aliphatic rings. The second-order valence-corrected chi connectivity index (χ2v) is 4.84. The fourth-order valence-corrected chi connectivity index (χ4v) is 1.64. The highest BCUT2D eigenvalue weighted by Gasteiger charge is 2.35. The number of rotatable bonds is 6. The molecule has 0 aromatic rings. The predicted octanol–water partition coefficient (Wildman–Crippen LogP) is 0.263. The Morgan fingerprint density at radius 3 is 2.53 bits per heavy atom. The lowest BCUT2D eigenvalue weighted by Crippen LogP contribution is -2.56. The molecule has 0 spiro atoms. The van der Waals surface area contributed by atoms with Gasteiger partial charge in [-0.2, -0.15) is 0 Å². The van der Waals surface area contributed by atoms with Crippen LogP contribution in [0.3, 0.4) is 0 Å². The molecule has 4 nitrogen and oxygen atoms in total. The third-order valence-corrected chi connectivity index (χ3v) is 2.94. The molecule has 15 heavy (non-hydrogen) atoms. The lowest BCUT2D eigenvalue weighted by molar-refractivity contribution is -0.121. The van der Waals surface area contributed by atoms with Crippen LogP contribution >= 0.6 is 0 Å². The van der Waals surface area contributed by atoms with Crippen molar-refractivity contribution in [2.75, 3.05) is 19.7 Å². The standard InChI is InChI=1S/C11H22N2O2/c1-9(2)6-12-10(15)7-13-11(8-14)4-3-5-11/h9,13-14H,3-8H2,1-2H3,(H,12,15). The normalized spacial score (nSPS) is 18.7. The highest BCUT2D eigenvalue weighted by Crippen LogP contribution is 2.30. The van der Waals surface area contributed by atoms with Crippen molar-refractivity contribution in [2.24, 2.45) is 5.92 Å². The van der Waals surface area contributed by atoms with Crippen molar-refractivity contribution in [2.45, 2.75) is 38.6 Å². The highest BCUT2D eigenvalue weighted by molar-refractivity contribution is 5.78. The Morgan fingerprint density at radius 2 is 2.13 bits per heavy atom. The van der Waals surface area contributed by atoms with Crippen molar-refractivity contribution >= 4 is 5.91 Å². The Labute approximate surface area is 91.4 Å². The molecule has 88 valence electrons. The van der Waals surface area contributed by atoms with Gasteiger partial charge in [0, 0.05) is 12.1 Å². The van der Waals surface area contributed by atoms with Gasteiger partial charge in [0.05, 0.1) is 13.2 Å². The molecule has 0 aliphatic heterocycles. The fourth-order valence-electron chi connectivity index (χ4n) is 1.64. The van der Waals surface area contributed by atoms with E-state index in [0.29, 0.717) is 19.0 Å². The fraction of sp³-hybridized carbons (Fsp3) is 0.909. The van der Waals surface area contributed by atoms with Crippen LogP contribution in [0.4, 0.5) is 0 Å². The summed E-state index contributed by atoms with van der Waals surface area (Å²) >= 11 is 0. The van der Waals surface area contributed by atoms with E-state index >= 15 is 0 Å². The quantitative estimate of drug-likeness (QED) is 0.594. The van der Waals surface area contributed by atoms with Gasteiger partial charge in [-0.05, 0) is 25.2 Å². The van der Waals surface area contributed by atoms with Gasteiger partial charge in [-0.1, -0.05) is 13.8 Å². The van der Waals surface area contributed by atoms with E-state index in [-0.39, 0.29) is 18.1 Å². The molecule has 1 rings (SSSR count). The lowest BCUT2D eigenvalue weighted by atomic mass is 9.77. The van der Waals surface area contributed by atoms with E-state index in [1.165, 1.54) is 0 Å². The van der Waals surface area contributed by atoms with Crippen LogP contribution in [-0.2, 0) is 4.79 Å². The Balaban J connectivity index is 2.16. The summed E-state index contributed by atoms with van der Waals surface area (Å²) in [6.45, 7) is 5.29. The zero-order valence-electron chi connectivity index (χ0n) is 9.68. The summed E-state index contributed by atoms with van der Waals surface area (Å²) in [4.78, 5) is 11.4. The summed E-state index contributed by atoms with van der Waals surface area (Å²) in [5.41, 5.74) is -0.171. The van der Waals surface area contributed by atoms with Gasteiger partial charge in [-0.3, -0.25) is 4.79 Å². The molecule has 0 atom stereocenters. The van der Waals surface area contributed by atoms with Crippen LogP contribution in [0.5, 0.6) is 0 Å². The van der Waals surface area contributed by atoms with Crippen LogP contribution in [0.15, 0.2) is 0 Å². The molecule has 1 amide bonds. The van der Waals surface area contributed by atoms with Gasteiger partial charge < -0.3 is 15.7 Å². The third-order valence-electron chi connectivity index (χ3n) is 2.94. The van der Waals surface area contributed by atoms with Crippen LogP contribution in [0.1, 0.15) is 33.1 Å². The summed E-state index contributed by atoms with van der Waals surface area (Å²) in [6, 6.07) is 0. The van der Waals surface area contributed by atoms with E-state index in [2.05, 4.69) is 24.5 Å². The number of hydrogen-bond acceptors (Lipinski definition) is 3. The van der Waals surface area contributed by atoms with E-state index < -0.39 is 0 Å². The second-order valence-electron chi connectivity index (χ2n) is 4.84. The Hall–Kier alpha value is -0.610. The van der Waals surface area contributed by atoms with E-state index in [0.717, 1.165) is 19.3 Å². The Bertz CT molecular complexity index is 207. The number of amides is 1. The summed E-state index contributed by atoms with van der Waals surface area (Å²) in [5, 5.41) is 15.2. The maximum Gasteiger partial charge on any atom is 0.233 e. The van der Waals surface area contributed by atoms with Gasteiger partial charge in [0.2, 0.25) is 5.91 Å². The Kier molecular flexibility index (Phi) is 4.54. The molecule has 1 saturated carbocycles. The van der Waals surface area contributed by atoms with Crippen LogP contribution in [0.2, 0.25) is 0 Å². The highest BCUT2D eigenvalue weighted by atomic mass is 16.3. The van der Waals surface area contributed by atoms with Crippen LogP contribution in [0, 0.1) is 5.92 Å². The Morgan fingerprint density at radius 1 is 1.47 bits per heavy atom. The molecular weight excluding hydrogens is 192 g/mol. The minimum absolute atomic E-state index is 0.0171. The minimum Gasteiger partial charge on any atom is -0.394 e. The summed E-state index contributed by atoms with van der Waals surface area (Å²) in [6.07, 6.45) is 3.09. The lowest BCUT2D eigenvalue weighted by Gasteiger charge is -2.41. The maximum atomic E-state index is 11.4. The van der Waals surface area contributed by atoms with Gasteiger partial charge in [0.15, 0.2) is 0 Å². The van der Waals surface area contributed by atoms with E-state index in [4.69, 9.17) is 0 Å². The monoisotopic (exact) mass is 214 g/mol. The molecule has 1 fully saturated rings. The van der Waals surface area contributed by atoms with Gasteiger partial charge in [0.25, 0.3) is 0 Å². The molecule has 0 saturated heterocycles. The molecule has 4 heteroatoms. The SMILES string of the molecule is CC(C)CNC(=O)CNC1(CO)CCC1. The van der Waals surface area contributed by atoms with Crippen molar-refractivity contribution < 1.29 is 9.90 Å². The predicted molar refractivity (Wildman–Crippen MR) is 59.5 cm³/mol. The second kappa shape index (κ2) is 5.47. The van der Waals surface area contributed by atoms with Crippen molar-refractivity contribution in [1.29, 1.82) is 0 Å². The first kappa shape index (κ1) is 12.5. The zero-order chi connectivity index (χ0) is 11.3. The van der Waals surface area contributed by atoms with Crippen LogP contribution < -0.4 is 10.6 Å². The number of aliphatic hydroxyl groups is 1. The van der Waals surface area contributed by atoms with Crippen molar-refractivity contribution in [3.05, 3.63) is 0 Å². The minimum atomic E-state index is -0.171. The smallest absolute Gasteiger partial charge is 0.233 e. The number of hydrogen-bond donors (Lipinski definition) is 3. The van der Waals surface area contributed by atoms with Crippen LogP contribution in [0.25, 0.3) is 0 Å². The van der Waals surface area contributed by atoms with Crippen LogP contribution in [-0.4, -0.2) is 36.2 Å². The summed E-state index contributed by atoms with van der Waals surface area (Å²) < 4.78 is 0. The zero-order valence-corrected chi connectivity index (χ0v) is 9.68. The summed E-state index contributed by atoms with van der Waals surface area (Å²) in [5.74, 6) is 0.493. The first-order chi connectivity index (χ1) is 7.08. The maximum absolute atomic E-state index is 11.4. The van der Waals surface area contributed by atoms with E-state index in [1.807, 2.05) is 0 Å². The van der Waals surface area contributed by atoms with Crippen molar-refractivity contribution in [3.8, 4) is 0 Å². The molecule has 0 bridgehead atoms. The van der Waals surface area contributed by atoms with Crippen molar-refractivity contribution in [3.63, 3.8) is 0 Å². The molecule has 0 aromatic carbocycles. The molecule has 0 heterocycles. The molecule has 1 aliphatic carbocycles. The third kappa shape index (κ3) is 3.80. The largest absolute Gasteiger partial charge is 0.394 e. The van der Waals surface area contributed by atoms with Gasteiger partial charge >= 0.3 is 0 Å². The number of nitrogens with one attached hydrogen (secondary N) is 2. The first-order valence-corrected chi connectivity index (χ1v) is 5.70. The van der Waals surface area contributed by atoms with Crippen molar-refractivity contribution in [1.82, 2.24) is 10.6 Å². The van der Waals surface area contributed by atoms with Gasteiger partial charge in [0.1, 0.15) is 0 Å². The molecule has 0 aromatic heterocycles. The molecule has 0 unspecified atom stereocenters. The average Bonchev–Trinajstić information content (AvgIpc) is 2.14. The van der Waals surface area contributed by atoms with E-state index in [9.17, 15) is 9.90 Å². The number of carbonyl (C=O) groups is 1. The first-order valence-electron chi connectivity index (χ1n) is 5.70. The van der Waals surface area contributed by atoms with Gasteiger partial charge in [-0.25, -0.2) is 0 Å². The van der Waals surface area contributed by atoms with E-state index in [1.54, 1.807) is 0 Å². The topological polar surface area (TPSA) is 61.4 Å². The average molecular weight is 214 g/mol. The molecule has 0 radical (unpaired) electrons. The molecule has 3 N–H and O–H groups in total. The summed E-state index contributed by atoms with van der Waals surface area (Å²) in [7, 11) is 0. The number of carbonyl (C=O) groups excluding carboxylic acids is 1. The molecular formula is C11H22N2O2. The number of aliphatic hydroxyl groups excluding tert-OH is 1. The van der Waals surface area contributed by atoms with Gasteiger partial charge in [-0.15, -0.1) is 0 Å².